The van der Waals surface area contributed by atoms with Crippen LogP contribution in [-0.2, 0) is 14.3 Å². The minimum absolute atomic E-state index is 0.0921. The van der Waals surface area contributed by atoms with Crippen LogP contribution in [0.5, 0.6) is 0 Å². The number of carboxylic acids is 1. The zero-order chi connectivity index (χ0) is 25.0. The molecule has 7 heteroatoms. The number of rotatable bonds is 8. The summed E-state index contributed by atoms with van der Waals surface area (Å²) in [7, 11) is 0. The van der Waals surface area contributed by atoms with Crippen molar-refractivity contribution in [3.63, 3.8) is 0 Å². The lowest BCUT2D eigenvalue weighted by molar-refractivity contribution is -0.148. The first-order valence-electron chi connectivity index (χ1n) is 11.7. The molecule has 3 rings (SSSR count). The van der Waals surface area contributed by atoms with Crippen LogP contribution in [0.25, 0.3) is 11.1 Å². The number of ether oxygens (including phenoxy) is 1. The van der Waals surface area contributed by atoms with Crippen molar-refractivity contribution in [1.29, 1.82) is 0 Å². The standard InChI is InChI=1S/C27H34N2O5/c1-6-17(2)29(15-23(30)31)25(32)24(27(3,4)5)28-26(33)34-16-22-20-13-9-7-11-18(20)19-12-8-10-14-21(19)22/h7-14,17,22,24H,6,15-16H2,1-5H3,(H,28,33)(H,30,31)/t17?,24-/m0/s1. The molecular weight excluding hydrogens is 432 g/mol. The second-order valence-electron chi connectivity index (χ2n) is 9.89. The van der Waals surface area contributed by atoms with Crippen LogP contribution in [0.2, 0.25) is 0 Å². The van der Waals surface area contributed by atoms with Crippen LogP contribution in [0, 0.1) is 5.41 Å². The number of benzene rings is 2. The van der Waals surface area contributed by atoms with Crippen LogP contribution in [-0.4, -0.2) is 53.2 Å². The fourth-order valence-electron chi connectivity index (χ4n) is 4.39. The van der Waals surface area contributed by atoms with Crippen molar-refractivity contribution in [2.24, 2.45) is 5.41 Å². The van der Waals surface area contributed by atoms with Crippen LogP contribution in [0.15, 0.2) is 48.5 Å². The third-order valence-electron chi connectivity index (χ3n) is 6.43. The van der Waals surface area contributed by atoms with Gasteiger partial charge in [0.1, 0.15) is 19.2 Å². The summed E-state index contributed by atoms with van der Waals surface area (Å²) in [6.07, 6.45) is -0.101. The van der Waals surface area contributed by atoms with Crippen molar-refractivity contribution < 1.29 is 24.2 Å². The second-order valence-corrected chi connectivity index (χ2v) is 9.89. The summed E-state index contributed by atoms with van der Waals surface area (Å²) in [5.74, 6) is -1.62. The molecule has 1 unspecified atom stereocenters. The number of alkyl carbamates (subject to hydrolysis) is 1. The number of fused-ring (bicyclic) bond motifs is 3. The van der Waals surface area contributed by atoms with Crippen molar-refractivity contribution >= 4 is 18.0 Å². The summed E-state index contributed by atoms with van der Waals surface area (Å²) in [5, 5.41) is 12.0. The number of carbonyl (C=O) groups excluding carboxylic acids is 2. The van der Waals surface area contributed by atoms with E-state index in [1.807, 2.05) is 64.1 Å². The Morgan fingerprint density at radius 2 is 1.56 bits per heavy atom. The van der Waals surface area contributed by atoms with Crippen molar-refractivity contribution in [3.8, 4) is 11.1 Å². The molecule has 1 aliphatic rings. The minimum Gasteiger partial charge on any atom is -0.480 e. The van der Waals surface area contributed by atoms with E-state index in [1.54, 1.807) is 6.92 Å². The van der Waals surface area contributed by atoms with E-state index in [-0.39, 0.29) is 18.6 Å². The van der Waals surface area contributed by atoms with Crippen molar-refractivity contribution in [1.82, 2.24) is 10.2 Å². The summed E-state index contributed by atoms with van der Waals surface area (Å²) < 4.78 is 5.63. The van der Waals surface area contributed by atoms with E-state index in [2.05, 4.69) is 17.4 Å². The molecule has 0 bridgehead atoms. The fourth-order valence-corrected chi connectivity index (χ4v) is 4.39. The first kappa shape index (κ1) is 25.3. The van der Waals surface area contributed by atoms with Gasteiger partial charge in [0.25, 0.3) is 0 Å². The monoisotopic (exact) mass is 466 g/mol. The van der Waals surface area contributed by atoms with Gasteiger partial charge in [-0.05, 0) is 41.0 Å². The van der Waals surface area contributed by atoms with E-state index < -0.39 is 36.0 Å². The average Bonchev–Trinajstić information content (AvgIpc) is 3.11. The topological polar surface area (TPSA) is 95.9 Å². The molecule has 2 aromatic carbocycles. The normalized spacial score (nSPS) is 14.5. The Morgan fingerprint density at radius 1 is 1.03 bits per heavy atom. The van der Waals surface area contributed by atoms with Crippen LogP contribution in [0.4, 0.5) is 4.79 Å². The molecule has 2 aromatic rings. The van der Waals surface area contributed by atoms with Gasteiger partial charge in [-0.25, -0.2) is 4.79 Å². The molecule has 0 radical (unpaired) electrons. The molecule has 0 fully saturated rings. The maximum absolute atomic E-state index is 13.3. The van der Waals surface area contributed by atoms with E-state index in [9.17, 15) is 19.5 Å². The first-order chi connectivity index (χ1) is 16.0. The maximum Gasteiger partial charge on any atom is 0.407 e. The zero-order valence-electron chi connectivity index (χ0n) is 20.5. The van der Waals surface area contributed by atoms with E-state index in [0.717, 1.165) is 22.3 Å². The van der Waals surface area contributed by atoms with Gasteiger partial charge < -0.3 is 20.1 Å². The molecule has 0 saturated heterocycles. The lowest BCUT2D eigenvalue weighted by Crippen LogP contribution is -2.57. The molecule has 7 nitrogen and oxygen atoms in total. The van der Waals surface area contributed by atoms with Gasteiger partial charge >= 0.3 is 12.1 Å². The number of carbonyl (C=O) groups is 3. The average molecular weight is 467 g/mol. The number of nitrogens with one attached hydrogen (secondary N) is 1. The summed E-state index contributed by atoms with van der Waals surface area (Å²) >= 11 is 0. The highest BCUT2D eigenvalue weighted by Gasteiger charge is 2.38. The lowest BCUT2D eigenvalue weighted by Gasteiger charge is -2.36. The molecule has 0 spiro atoms. The van der Waals surface area contributed by atoms with Crippen molar-refractivity contribution in [3.05, 3.63) is 59.7 Å². The zero-order valence-corrected chi connectivity index (χ0v) is 20.5. The summed E-state index contributed by atoms with van der Waals surface area (Å²) in [6.45, 7) is 8.88. The smallest absolute Gasteiger partial charge is 0.407 e. The number of aliphatic carboxylic acids is 1. The second kappa shape index (κ2) is 10.3. The van der Waals surface area contributed by atoms with Gasteiger partial charge in [-0.3, -0.25) is 9.59 Å². The molecule has 2 N–H and O–H groups in total. The number of carboxylic acid groups (broad SMARTS) is 1. The van der Waals surface area contributed by atoms with Crippen molar-refractivity contribution in [2.75, 3.05) is 13.2 Å². The Kier molecular flexibility index (Phi) is 7.64. The number of nitrogens with zero attached hydrogens (tertiary/aromatic N) is 1. The summed E-state index contributed by atoms with van der Waals surface area (Å²) in [4.78, 5) is 38.9. The molecule has 0 saturated carbocycles. The van der Waals surface area contributed by atoms with Gasteiger partial charge in [0, 0.05) is 12.0 Å². The Hall–Kier alpha value is -3.35. The maximum atomic E-state index is 13.3. The highest BCUT2D eigenvalue weighted by Crippen LogP contribution is 2.44. The van der Waals surface area contributed by atoms with Gasteiger partial charge in [0.15, 0.2) is 0 Å². The van der Waals surface area contributed by atoms with Gasteiger partial charge in [-0.15, -0.1) is 0 Å². The Balaban J connectivity index is 1.75. The Labute approximate surface area is 201 Å². The van der Waals surface area contributed by atoms with Crippen LogP contribution in [0.3, 0.4) is 0 Å². The SMILES string of the molecule is CCC(C)N(CC(=O)O)C(=O)[C@H](NC(=O)OCC1c2ccccc2-c2ccccc21)C(C)(C)C. The van der Waals surface area contributed by atoms with Crippen LogP contribution in [0.1, 0.15) is 58.1 Å². The van der Waals surface area contributed by atoms with Crippen LogP contribution >= 0.6 is 0 Å². The van der Waals surface area contributed by atoms with E-state index in [1.165, 1.54) is 4.90 Å². The molecule has 0 aromatic heterocycles. The number of hydrogen-bond acceptors (Lipinski definition) is 4. The van der Waals surface area contributed by atoms with E-state index in [0.29, 0.717) is 6.42 Å². The third kappa shape index (κ3) is 5.41. The minimum atomic E-state index is -1.09. The molecule has 0 heterocycles. The molecule has 34 heavy (non-hydrogen) atoms. The van der Waals surface area contributed by atoms with Crippen LogP contribution < -0.4 is 5.32 Å². The van der Waals surface area contributed by atoms with E-state index >= 15 is 0 Å². The van der Waals surface area contributed by atoms with Crippen molar-refractivity contribution in [2.45, 2.75) is 59.0 Å². The quantitative estimate of drug-likeness (QED) is 0.590. The summed E-state index contributed by atoms with van der Waals surface area (Å²) in [6, 6.07) is 14.9. The highest BCUT2D eigenvalue weighted by atomic mass is 16.5. The molecular formula is C27H34N2O5. The lowest BCUT2D eigenvalue weighted by atomic mass is 9.85. The third-order valence-corrected chi connectivity index (χ3v) is 6.43. The first-order valence-corrected chi connectivity index (χ1v) is 11.7. The molecule has 182 valence electrons. The molecule has 1 aliphatic carbocycles. The molecule has 0 aliphatic heterocycles. The van der Waals surface area contributed by atoms with Gasteiger partial charge in [0.2, 0.25) is 5.91 Å². The largest absolute Gasteiger partial charge is 0.480 e. The summed E-state index contributed by atoms with van der Waals surface area (Å²) in [5.41, 5.74) is 3.82. The Bertz CT molecular complexity index is 1010. The van der Waals surface area contributed by atoms with Gasteiger partial charge in [-0.2, -0.15) is 0 Å². The Morgan fingerprint density at radius 3 is 2.03 bits per heavy atom. The highest BCUT2D eigenvalue weighted by molar-refractivity contribution is 5.89. The molecule has 2 atom stereocenters. The van der Waals surface area contributed by atoms with Gasteiger partial charge in [-0.1, -0.05) is 76.2 Å². The van der Waals surface area contributed by atoms with E-state index in [4.69, 9.17) is 4.74 Å². The fraction of sp³-hybridized carbons (Fsp3) is 0.444. The van der Waals surface area contributed by atoms with Gasteiger partial charge in [0.05, 0.1) is 0 Å². The number of amides is 2. The number of hydrogen-bond donors (Lipinski definition) is 2. The molecule has 2 amide bonds. The predicted octanol–water partition coefficient (Wildman–Crippen LogP) is 4.65. The predicted molar refractivity (Wildman–Crippen MR) is 131 cm³/mol.